The average Bonchev–Trinajstić information content (AvgIpc) is 2.73. The first kappa shape index (κ1) is 22.8. The Bertz CT molecular complexity index is 967. The van der Waals surface area contributed by atoms with Crippen molar-refractivity contribution in [2.75, 3.05) is 6.61 Å². The molecule has 0 aliphatic rings. The van der Waals surface area contributed by atoms with E-state index in [1.54, 1.807) is 42.5 Å². The number of hydrogen-bond donors (Lipinski definition) is 0. The van der Waals surface area contributed by atoms with Crippen LogP contribution < -0.4 is 4.74 Å². The van der Waals surface area contributed by atoms with Gasteiger partial charge in [0, 0.05) is 0 Å². The van der Waals surface area contributed by atoms with Crippen LogP contribution in [0.3, 0.4) is 0 Å². The van der Waals surface area contributed by atoms with Gasteiger partial charge in [-0.15, -0.1) is 0 Å². The predicted octanol–water partition coefficient (Wildman–Crippen LogP) is 7.60. The Morgan fingerprint density at radius 3 is 2.10 bits per heavy atom. The van der Waals surface area contributed by atoms with Crippen molar-refractivity contribution in [2.45, 2.75) is 38.5 Å². The summed E-state index contributed by atoms with van der Waals surface area (Å²) >= 11 is 0. The van der Waals surface area contributed by atoms with Crippen LogP contribution in [0.4, 0.5) is 17.6 Å². The van der Waals surface area contributed by atoms with Crippen molar-refractivity contribution in [3.05, 3.63) is 95.3 Å². The first-order valence-electron chi connectivity index (χ1n) is 9.99. The molecule has 3 aromatic carbocycles. The SMILES string of the molecule is CC(C)c1ccc(C(COCc2ccc(F)c(Oc3ccccc3)c2)C(F)(F)F)cc1. The zero-order chi connectivity index (χ0) is 22.4. The maximum absolute atomic E-state index is 14.1. The van der Waals surface area contributed by atoms with Gasteiger partial charge in [0.15, 0.2) is 11.6 Å². The highest BCUT2D eigenvalue weighted by Crippen LogP contribution is 2.36. The van der Waals surface area contributed by atoms with Crippen LogP contribution >= 0.6 is 0 Å². The average molecular weight is 432 g/mol. The summed E-state index contributed by atoms with van der Waals surface area (Å²) in [5.74, 6) is -1.62. The van der Waals surface area contributed by atoms with Crippen molar-refractivity contribution in [3.8, 4) is 11.5 Å². The van der Waals surface area contributed by atoms with Crippen molar-refractivity contribution in [2.24, 2.45) is 0 Å². The second kappa shape index (κ2) is 9.96. The number of hydrogen-bond acceptors (Lipinski definition) is 2. The second-order valence-corrected chi connectivity index (χ2v) is 7.61. The highest BCUT2D eigenvalue weighted by Gasteiger charge is 2.40. The lowest BCUT2D eigenvalue weighted by molar-refractivity contribution is -0.163. The molecule has 0 heterocycles. The van der Waals surface area contributed by atoms with E-state index in [-0.39, 0.29) is 23.8 Å². The van der Waals surface area contributed by atoms with Gasteiger partial charge in [0.25, 0.3) is 0 Å². The molecule has 1 atom stereocenters. The number of ether oxygens (including phenoxy) is 2. The summed E-state index contributed by atoms with van der Waals surface area (Å²) in [6.45, 7) is 3.34. The molecule has 3 rings (SSSR count). The van der Waals surface area contributed by atoms with Crippen LogP contribution in [-0.4, -0.2) is 12.8 Å². The summed E-state index contributed by atoms with van der Waals surface area (Å²) in [5.41, 5.74) is 1.65. The molecular weight excluding hydrogens is 408 g/mol. The molecular formula is C25H24F4O2. The Labute approximate surface area is 179 Å². The van der Waals surface area contributed by atoms with Gasteiger partial charge in [-0.2, -0.15) is 13.2 Å². The van der Waals surface area contributed by atoms with E-state index in [1.807, 2.05) is 13.8 Å². The van der Waals surface area contributed by atoms with Crippen LogP contribution in [0, 0.1) is 5.82 Å². The highest BCUT2D eigenvalue weighted by atomic mass is 19.4. The molecule has 1 unspecified atom stereocenters. The van der Waals surface area contributed by atoms with Gasteiger partial charge in [-0.1, -0.05) is 62.4 Å². The predicted molar refractivity (Wildman–Crippen MR) is 112 cm³/mol. The Morgan fingerprint density at radius 1 is 0.839 bits per heavy atom. The van der Waals surface area contributed by atoms with Crippen molar-refractivity contribution in [1.82, 2.24) is 0 Å². The normalized spacial score (nSPS) is 12.7. The number of para-hydroxylation sites is 1. The maximum atomic E-state index is 14.1. The fourth-order valence-electron chi connectivity index (χ4n) is 3.12. The minimum Gasteiger partial charge on any atom is -0.454 e. The molecule has 2 nitrogen and oxygen atoms in total. The molecule has 0 radical (unpaired) electrons. The van der Waals surface area contributed by atoms with Crippen molar-refractivity contribution >= 4 is 0 Å². The lowest BCUT2D eigenvalue weighted by Crippen LogP contribution is -2.25. The summed E-state index contributed by atoms with van der Waals surface area (Å²) < 4.78 is 65.8. The molecule has 6 heteroatoms. The quantitative estimate of drug-likeness (QED) is 0.341. The van der Waals surface area contributed by atoms with Gasteiger partial charge in [0.1, 0.15) is 11.7 Å². The van der Waals surface area contributed by atoms with Gasteiger partial charge in [-0.25, -0.2) is 4.39 Å². The lowest BCUT2D eigenvalue weighted by Gasteiger charge is -2.21. The van der Waals surface area contributed by atoms with E-state index >= 15 is 0 Å². The molecule has 31 heavy (non-hydrogen) atoms. The Hall–Kier alpha value is -2.86. The molecule has 164 valence electrons. The number of rotatable bonds is 8. The van der Waals surface area contributed by atoms with E-state index in [1.165, 1.54) is 30.3 Å². The summed E-state index contributed by atoms with van der Waals surface area (Å²) in [4.78, 5) is 0. The largest absolute Gasteiger partial charge is 0.454 e. The van der Waals surface area contributed by atoms with Crippen molar-refractivity contribution in [3.63, 3.8) is 0 Å². The van der Waals surface area contributed by atoms with Crippen LogP contribution in [0.5, 0.6) is 11.5 Å². The molecule has 3 aromatic rings. The summed E-state index contributed by atoms with van der Waals surface area (Å²) in [6, 6.07) is 19.2. The fourth-order valence-corrected chi connectivity index (χ4v) is 3.12. The van der Waals surface area contributed by atoms with Crippen LogP contribution in [0.1, 0.15) is 42.4 Å². The van der Waals surface area contributed by atoms with Crippen LogP contribution in [0.25, 0.3) is 0 Å². The standard InChI is InChI=1S/C25H24F4O2/c1-17(2)19-9-11-20(12-10-19)22(25(27,28)29)16-30-15-18-8-13-23(26)24(14-18)31-21-6-4-3-5-7-21/h3-14,17,22H,15-16H2,1-2H3. The molecule has 0 bridgehead atoms. The molecule has 0 spiro atoms. The Kier molecular flexibility index (Phi) is 7.33. The smallest absolute Gasteiger partial charge is 0.397 e. The maximum Gasteiger partial charge on any atom is 0.397 e. The molecule has 0 aliphatic heterocycles. The van der Waals surface area contributed by atoms with E-state index in [4.69, 9.17) is 9.47 Å². The van der Waals surface area contributed by atoms with Crippen molar-refractivity contribution in [1.29, 1.82) is 0 Å². The third kappa shape index (κ3) is 6.31. The number of alkyl halides is 3. The van der Waals surface area contributed by atoms with Gasteiger partial charge in [0.2, 0.25) is 0 Å². The van der Waals surface area contributed by atoms with Gasteiger partial charge in [-0.3, -0.25) is 0 Å². The number of halogens is 4. The van der Waals surface area contributed by atoms with E-state index in [9.17, 15) is 17.6 Å². The van der Waals surface area contributed by atoms with Gasteiger partial charge >= 0.3 is 6.18 Å². The van der Waals surface area contributed by atoms with Gasteiger partial charge < -0.3 is 9.47 Å². The first-order chi connectivity index (χ1) is 14.7. The van der Waals surface area contributed by atoms with E-state index in [0.29, 0.717) is 11.3 Å². The molecule has 0 amide bonds. The van der Waals surface area contributed by atoms with Gasteiger partial charge in [0.05, 0.1) is 13.2 Å². The summed E-state index contributed by atoms with van der Waals surface area (Å²) in [5, 5.41) is 0. The Morgan fingerprint density at radius 2 is 1.48 bits per heavy atom. The highest BCUT2D eigenvalue weighted by molar-refractivity contribution is 5.35. The zero-order valence-corrected chi connectivity index (χ0v) is 17.3. The molecule has 0 saturated heterocycles. The first-order valence-corrected chi connectivity index (χ1v) is 9.99. The molecule has 0 fully saturated rings. The minimum atomic E-state index is -4.44. The topological polar surface area (TPSA) is 18.5 Å². The lowest BCUT2D eigenvalue weighted by atomic mass is 9.95. The van der Waals surface area contributed by atoms with Crippen LogP contribution in [0.2, 0.25) is 0 Å². The third-order valence-corrected chi connectivity index (χ3v) is 4.92. The van der Waals surface area contributed by atoms with Crippen LogP contribution in [0.15, 0.2) is 72.8 Å². The molecule has 0 N–H and O–H groups in total. The van der Waals surface area contributed by atoms with E-state index in [2.05, 4.69) is 0 Å². The third-order valence-electron chi connectivity index (χ3n) is 4.92. The van der Waals surface area contributed by atoms with E-state index in [0.717, 1.165) is 5.56 Å². The molecule has 0 saturated carbocycles. The fraction of sp³-hybridized carbons (Fsp3) is 0.280. The van der Waals surface area contributed by atoms with Crippen LogP contribution in [-0.2, 0) is 11.3 Å². The molecule has 0 aromatic heterocycles. The summed E-state index contributed by atoms with van der Waals surface area (Å²) in [6.07, 6.45) is -4.44. The monoisotopic (exact) mass is 432 g/mol. The second-order valence-electron chi connectivity index (χ2n) is 7.61. The Balaban J connectivity index is 1.67. The van der Waals surface area contributed by atoms with E-state index < -0.39 is 24.5 Å². The van der Waals surface area contributed by atoms with Crippen molar-refractivity contribution < 1.29 is 27.0 Å². The molecule has 0 aliphatic carbocycles. The summed E-state index contributed by atoms with van der Waals surface area (Å²) in [7, 11) is 0. The minimum absolute atomic E-state index is 0.0102. The zero-order valence-electron chi connectivity index (χ0n) is 17.3. The van der Waals surface area contributed by atoms with Gasteiger partial charge in [-0.05, 0) is 46.9 Å². The number of benzene rings is 3.